The van der Waals surface area contributed by atoms with Gasteiger partial charge in [-0.1, -0.05) is 60.2 Å². The Labute approximate surface area is 231 Å². The van der Waals surface area contributed by atoms with E-state index in [1.807, 2.05) is 51.1 Å². The number of sulfonamides is 1. The number of rotatable bonds is 12. The topological polar surface area (TPSA) is 96.0 Å². The van der Waals surface area contributed by atoms with Gasteiger partial charge in [0.05, 0.1) is 17.2 Å². The lowest BCUT2D eigenvalue weighted by molar-refractivity contribution is -0.139. The second-order valence-corrected chi connectivity index (χ2v) is 11.4. The van der Waals surface area contributed by atoms with Crippen LogP contribution >= 0.6 is 0 Å². The third kappa shape index (κ3) is 7.60. The summed E-state index contributed by atoms with van der Waals surface area (Å²) >= 11 is 0. The Hall–Kier alpha value is -3.85. The molecule has 9 heteroatoms. The van der Waals surface area contributed by atoms with Crippen molar-refractivity contribution in [3.63, 3.8) is 0 Å². The number of nitrogens with zero attached hydrogens (tertiary/aromatic N) is 2. The van der Waals surface area contributed by atoms with E-state index in [9.17, 15) is 18.0 Å². The van der Waals surface area contributed by atoms with E-state index in [0.29, 0.717) is 12.4 Å². The molecule has 208 valence electrons. The van der Waals surface area contributed by atoms with Gasteiger partial charge in [-0.2, -0.15) is 0 Å². The van der Waals surface area contributed by atoms with Gasteiger partial charge >= 0.3 is 0 Å². The maximum Gasteiger partial charge on any atom is 0.264 e. The first kappa shape index (κ1) is 29.7. The average molecular weight is 552 g/mol. The van der Waals surface area contributed by atoms with Crippen LogP contribution in [-0.4, -0.2) is 50.4 Å². The van der Waals surface area contributed by atoms with E-state index in [2.05, 4.69) is 5.32 Å². The number of carbonyl (C=O) groups excluding carboxylic acids is 2. The lowest BCUT2D eigenvalue weighted by atomic mass is 10.1. The van der Waals surface area contributed by atoms with Gasteiger partial charge in [-0.15, -0.1) is 0 Å². The van der Waals surface area contributed by atoms with E-state index in [0.717, 1.165) is 15.4 Å². The monoisotopic (exact) mass is 551 g/mol. The fraction of sp³-hybridized carbons (Fsp3) is 0.333. The highest BCUT2D eigenvalue weighted by atomic mass is 32.2. The summed E-state index contributed by atoms with van der Waals surface area (Å²) in [4.78, 5) is 28.4. The van der Waals surface area contributed by atoms with Crippen molar-refractivity contribution in [3.8, 4) is 5.75 Å². The Morgan fingerprint density at radius 1 is 0.897 bits per heavy atom. The summed E-state index contributed by atoms with van der Waals surface area (Å²) in [5, 5.41) is 2.85. The molecule has 3 aromatic carbocycles. The second kappa shape index (κ2) is 13.3. The molecule has 39 heavy (non-hydrogen) atoms. The highest BCUT2D eigenvalue weighted by molar-refractivity contribution is 7.92. The van der Waals surface area contributed by atoms with E-state index < -0.39 is 28.5 Å². The zero-order chi connectivity index (χ0) is 28.6. The molecule has 3 rings (SSSR count). The Bertz CT molecular complexity index is 1360. The molecule has 1 unspecified atom stereocenters. The highest BCUT2D eigenvalue weighted by Crippen LogP contribution is 2.33. The number of hydrogen-bond acceptors (Lipinski definition) is 5. The Morgan fingerprint density at radius 3 is 2.13 bits per heavy atom. The van der Waals surface area contributed by atoms with E-state index in [4.69, 9.17) is 4.74 Å². The Balaban J connectivity index is 2.07. The number of anilines is 1. The molecule has 3 aromatic rings. The minimum absolute atomic E-state index is 0.0485. The van der Waals surface area contributed by atoms with Gasteiger partial charge in [-0.3, -0.25) is 13.9 Å². The van der Waals surface area contributed by atoms with Gasteiger partial charge < -0.3 is 15.0 Å². The molecular weight excluding hydrogens is 514 g/mol. The molecule has 0 aromatic heterocycles. The van der Waals surface area contributed by atoms with Crippen molar-refractivity contribution in [3.05, 3.63) is 90.0 Å². The summed E-state index contributed by atoms with van der Waals surface area (Å²) in [6, 6.07) is 21.5. The van der Waals surface area contributed by atoms with Gasteiger partial charge in [-0.25, -0.2) is 8.42 Å². The van der Waals surface area contributed by atoms with Crippen molar-refractivity contribution < 1.29 is 22.7 Å². The zero-order valence-corrected chi connectivity index (χ0v) is 23.9. The van der Waals surface area contributed by atoms with Crippen LogP contribution in [0.4, 0.5) is 5.69 Å². The summed E-state index contributed by atoms with van der Waals surface area (Å²) in [6.45, 7) is 8.93. The standard InChI is InChI=1S/C30H37N3O5S/c1-6-38-28-15-11-10-14-27(28)33(39(36,37)26-18-16-23(4)17-19-26)21-29(34)32(20-25-12-8-7-9-13-25)24(5)30(35)31-22(2)3/h7-19,22,24H,6,20-21H2,1-5H3,(H,31,35). The van der Waals surface area contributed by atoms with E-state index >= 15 is 0 Å². The number of carbonyl (C=O) groups is 2. The first-order chi connectivity index (χ1) is 18.5. The van der Waals surface area contributed by atoms with Crippen LogP contribution in [0.2, 0.25) is 0 Å². The van der Waals surface area contributed by atoms with E-state index in [1.54, 1.807) is 50.2 Å². The largest absolute Gasteiger partial charge is 0.492 e. The molecule has 2 amide bonds. The second-order valence-electron chi connectivity index (χ2n) is 9.57. The van der Waals surface area contributed by atoms with Crippen molar-refractivity contribution >= 4 is 27.5 Å². The van der Waals surface area contributed by atoms with Crippen LogP contribution in [0.3, 0.4) is 0 Å². The lowest BCUT2D eigenvalue weighted by Crippen LogP contribution is -2.52. The minimum atomic E-state index is -4.17. The molecule has 0 saturated carbocycles. The number of nitrogens with one attached hydrogen (secondary N) is 1. The van der Waals surface area contributed by atoms with Gasteiger partial charge in [0.15, 0.2) is 0 Å². The number of benzene rings is 3. The predicted molar refractivity (Wildman–Crippen MR) is 153 cm³/mol. The molecule has 0 radical (unpaired) electrons. The molecule has 0 spiro atoms. The lowest BCUT2D eigenvalue weighted by Gasteiger charge is -2.32. The number of aryl methyl sites for hydroxylation is 1. The minimum Gasteiger partial charge on any atom is -0.492 e. The van der Waals surface area contributed by atoms with Crippen molar-refractivity contribution in [1.82, 2.24) is 10.2 Å². The van der Waals surface area contributed by atoms with Crippen LogP contribution in [0, 0.1) is 6.92 Å². The van der Waals surface area contributed by atoms with Crippen molar-refractivity contribution in [2.24, 2.45) is 0 Å². The van der Waals surface area contributed by atoms with Crippen LogP contribution in [0.15, 0.2) is 83.8 Å². The first-order valence-electron chi connectivity index (χ1n) is 13.0. The molecule has 1 atom stereocenters. The molecule has 0 aliphatic heterocycles. The van der Waals surface area contributed by atoms with Crippen LogP contribution in [-0.2, 0) is 26.2 Å². The van der Waals surface area contributed by atoms with Gasteiger partial charge in [-0.05, 0) is 64.4 Å². The van der Waals surface area contributed by atoms with Gasteiger partial charge in [0.25, 0.3) is 10.0 Å². The molecule has 0 bridgehead atoms. The summed E-state index contributed by atoms with van der Waals surface area (Å²) in [5.74, 6) is -0.507. The molecular formula is C30H37N3O5S. The smallest absolute Gasteiger partial charge is 0.264 e. The quantitative estimate of drug-likeness (QED) is 0.357. The zero-order valence-electron chi connectivity index (χ0n) is 23.1. The summed E-state index contributed by atoms with van der Waals surface area (Å²) < 4.78 is 34.8. The maximum absolute atomic E-state index is 14.0. The third-order valence-corrected chi connectivity index (χ3v) is 7.89. The van der Waals surface area contributed by atoms with E-state index in [-0.39, 0.29) is 29.1 Å². The molecule has 0 aliphatic carbocycles. The van der Waals surface area contributed by atoms with Crippen LogP contribution in [0.5, 0.6) is 5.75 Å². The van der Waals surface area contributed by atoms with Crippen molar-refractivity contribution in [1.29, 1.82) is 0 Å². The Morgan fingerprint density at radius 2 is 1.51 bits per heavy atom. The first-order valence-corrected chi connectivity index (χ1v) is 14.4. The fourth-order valence-corrected chi connectivity index (χ4v) is 5.48. The SMILES string of the molecule is CCOc1ccccc1N(CC(=O)N(Cc1ccccc1)C(C)C(=O)NC(C)C)S(=O)(=O)c1ccc(C)cc1. The van der Waals surface area contributed by atoms with Crippen LogP contribution in [0.1, 0.15) is 38.8 Å². The molecule has 1 N–H and O–H groups in total. The molecule has 0 aliphatic rings. The highest BCUT2D eigenvalue weighted by Gasteiger charge is 2.33. The van der Waals surface area contributed by atoms with Crippen molar-refractivity contribution in [2.45, 2.75) is 58.1 Å². The van der Waals surface area contributed by atoms with Gasteiger partial charge in [0.2, 0.25) is 11.8 Å². The number of ether oxygens (including phenoxy) is 1. The Kier molecular flexibility index (Phi) is 10.1. The van der Waals surface area contributed by atoms with Crippen LogP contribution in [0.25, 0.3) is 0 Å². The third-order valence-electron chi connectivity index (χ3n) is 6.12. The van der Waals surface area contributed by atoms with Gasteiger partial charge in [0.1, 0.15) is 18.3 Å². The van der Waals surface area contributed by atoms with Gasteiger partial charge in [0, 0.05) is 12.6 Å². The number of amides is 2. The predicted octanol–water partition coefficient (Wildman–Crippen LogP) is 4.53. The van der Waals surface area contributed by atoms with Crippen LogP contribution < -0.4 is 14.4 Å². The molecule has 0 heterocycles. The summed E-state index contributed by atoms with van der Waals surface area (Å²) in [5.41, 5.74) is 1.97. The number of hydrogen-bond donors (Lipinski definition) is 1. The van der Waals surface area contributed by atoms with Crippen molar-refractivity contribution in [2.75, 3.05) is 17.5 Å². The molecule has 8 nitrogen and oxygen atoms in total. The average Bonchev–Trinajstić information content (AvgIpc) is 2.91. The normalized spacial score (nSPS) is 12.1. The summed E-state index contributed by atoms with van der Waals surface area (Å²) in [7, 11) is -4.17. The number of para-hydroxylation sites is 2. The van der Waals surface area contributed by atoms with E-state index in [1.165, 1.54) is 17.0 Å². The maximum atomic E-state index is 14.0. The fourth-order valence-electron chi connectivity index (χ4n) is 4.06. The molecule has 0 fully saturated rings. The summed E-state index contributed by atoms with van der Waals surface area (Å²) in [6.07, 6.45) is 0. The molecule has 0 saturated heterocycles.